The molecule has 0 aliphatic carbocycles. The highest BCUT2D eigenvalue weighted by molar-refractivity contribution is 5.91. The Hall–Kier alpha value is -1.43. The maximum absolute atomic E-state index is 12.8. The minimum absolute atomic E-state index is 0.0470. The van der Waals surface area contributed by atoms with Crippen molar-refractivity contribution in [2.75, 3.05) is 13.1 Å². The van der Waals surface area contributed by atoms with Crippen LogP contribution < -0.4 is 10.6 Å². The van der Waals surface area contributed by atoms with Crippen LogP contribution >= 0.6 is 0 Å². The summed E-state index contributed by atoms with van der Waals surface area (Å²) in [6.45, 7) is 5.43. The summed E-state index contributed by atoms with van der Waals surface area (Å²) in [6.07, 6.45) is 5.02. The number of hydrogen-bond acceptors (Lipinski definition) is 4. The Morgan fingerprint density at radius 1 is 1.36 bits per heavy atom. The minimum atomic E-state index is -0.541. The average molecular weight is 309 g/mol. The Morgan fingerprint density at radius 3 is 2.73 bits per heavy atom. The van der Waals surface area contributed by atoms with Gasteiger partial charge in [0.05, 0.1) is 12.1 Å². The lowest BCUT2D eigenvalue weighted by Crippen LogP contribution is -2.55. The monoisotopic (exact) mass is 309 g/mol. The Balaban J connectivity index is 2.06. The van der Waals surface area contributed by atoms with Crippen molar-refractivity contribution in [1.82, 2.24) is 15.5 Å². The predicted molar refractivity (Wildman–Crippen MR) is 83.2 cm³/mol. The van der Waals surface area contributed by atoms with Crippen LogP contribution in [0.3, 0.4) is 0 Å². The lowest BCUT2D eigenvalue weighted by Gasteiger charge is -2.30. The number of amides is 2. The molecule has 2 fully saturated rings. The van der Waals surface area contributed by atoms with Crippen LogP contribution in [-0.2, 0) is 14.4 Å². The van der Waals surface area contributed by atoms with Crippen molar-refractivity contribution < 1.29 is 14.4 Å². The molecule has 2 aliphatic heterocycles. The first-order valence-electron chi connectivity index (χ1n) is 8.38. The van der Waals surface area contributed by atoms with Crippen LogP contribution in [0.1, 0.15) is 46.0 Å². The van der Waals surface area contributed by atoms with Gasteiger partial charge in [-0.25, -0.2) is 0 Å². The third-order valence-electron chi connectivity index (χ3n) is 4.89. The SMILES string of the molecule is CC[C@H](C)[C@H](NC(=O)[C@@H]1CCCN1)C(=O)N1CCC[C@H]1C=O. The summed E-state index contributed by atoms with van der Waals surface area (Å²) in [5.41, 5.74) is 0. The molecule has 6 heteroatoms. The maximum atomic E-state index is 12.8. The van der Waals surface area contributed by atoms with Crippen LogP contribution in [0.5, 0.6) is 0 Å². The van der Waals surface area contributed by atoms with Crippen LogP contribution in [0.4, 0.5) is 0 Å². The van der Waals surface area contributed by atoms with Gasteiger partial charge in [-0.05, 0) is 38.1 Å². The zero-order chi connectivity index (χ0) is 16.1. The molecular weight excluding hydrogens is 282 g/mol. The summed E-state index contributed by atoms with van der Waals surface area (Å²) in [7, 11) is 0. The number of nitrogens with one attached hydrogen (secondary N) is 2. The van der Waals surface area contributed by atoms with Crippen LogP contribution in [0.25, 0.3) is 0 Å². The van der Waals surface area contributed by atoms with E-state index in [9.17, 15) is 14.4 Å². The lowest BCUT2D eigenvalue weighted by atomic mass is 9.97. The third kappa shape index (κ3) is 3.66. The molecule has 0 saturated carbocycles. The van der Waals surface area contributed by atoms with Gasteiger partial charge < -0.3 is 20.3 Å². The molecule has 2 heterocycles. The van der Waals surface area contributed by atoms with Gasteiger partial charge in [-0.1, -0.05) is 20.3 Å². The van der Waals surface area contributed by atoms with Crippen molar-refractivity contribution in [3.63, 3.8) is 0 Å². The highest BCUT2D eigenvalue weighted by Crippen LogP contribution is 2.20. The molecule has 0 radical (unpaired) electrons. The summed E-state index contributed by atoms with van der Waals surface area (Å²) in [5.74, 6) is -0.168. The van der Waals surface area contributed by atoms with Crippen LogP contribution in [0, 0.1) is 5.92 Å². The molecule has 0 unspecified atom stereocenters. The van der Waals surface area contributed by atoms with E-state index in [1.165, 1.54) is 0 Å². The number of nitrogens with zero attached hydrogens (tertiary/aromatic N) is 1. The molecule has 124 valence electrons. The number of hydrogen-bond donors (Lipinski definition) is 2. The molecule has 2 N–H and O–H groups in total. The summed E-state index contributed by atoms with van der Waals surface area (Å²) in [4.78, 5) is 37.9. The van der Waals surface area contributed by atoms with E-state index in [1.54, 1.807) is 4.90 Å². The van der Waals surface area contributed by atoms with Crippen molar-refractivity contribution in [1.29, 1.82) is 0 Å². The Morgan fingerprint density at radius 2 is 2.14 bits per heavy atom. The van der Waals surface area contributed by atoms with Gasteiger partial charge in [0, 0.05) is 6.54 Å². The number of likely N-dealkylation sites (tertiary alicyclic amines) is 1. The van der Waals surface area contributed by atoms with Gasteiger partial charge in [-0.15, -0.1) is 0 Å². The highest BCUT2D eigenvalue weighted by Gasteiger charge is 2.37. The normalized spacial score (nSPS) is 27.5. The number of carbonyl (C=O) groups is 3. The number of carbonyl (C=O) groups excluding carboxylic acids is 3. The number of rotatable bonds is 6. The Bertz CT molecular complexity index is 421. The molecule has 2 saturated heterocycles. The quantitative estimate of drug-likeness (QED) is 0.699. The van der Waals surface area contributed by atoms with Gasteiger partial charge in [0.25, 0.3) is 0 Å². The van der Waals surface area contributed by atoms with E-state index in [2.05, 4.69) is 10.6 Å². The van der Waals surface area contributed by atoms with Crippen LogP contribution in [-0.4, -0.2) is 54.2 Å². The van der Waals surface area contributed by atoms with Gasteiger partial charge in [0.15, 0.2) is 0 Å². The standard InChI is InChI=1S/C16H27N3O3/c1-3-11(2)14(18-15(21)13-7-4-8-17-13)16(22)19-9-5-6-12(19)10-20/h10-14,17H,3-9H2,1-2H3,(H,18,21)/t11-,12-,13-,14-/m0/s1. The topological polar surface area (TPSA) is 78.5 Å². The largest absolute Gasteiger partial charge is 0.343 e. The summed E-state index contributed by atoms with van der Waals surface area (Å²) < 4.78 is 0. The van der Waals surface area contributed by atoms with E-state index in [0.717, 1.165) is 44.9 Å². The van der Waals surface area contributed by atoms with Crippen molar-refractivity contribution in [3.8, 4) is 0 Å². The van der Waals surface area contributed by atoms with Gasteiger partial charge >= 0.3 is 0 Å². The molecule has 2 amide bonds. The zero-order valence-electron chi connectivity index (χ0n) is 13.5. The molecule has 6 nitrogen and oxygen atoms in total. The average Bonchev–Trinajstić information content (AvgIpc) is 3.21. The van der Waals surface area contributed by atoms with Crippen LogP contribution in [0.2, 0.25) is 0 Å². The molecule has 0 aromatic heterocycles. The molecule has 0 aromatic rings. The summed E-state index contributed by atoms with van der Waals surface area (Å²) in [5, 5.41) is 6.08. The second-order valence-corrected chi connectivity index (χ2v) is 6.40. The van der Waals surface area contributed by atoms with Crippen molar-refractivity contribution in [3.05, 3.63) is 0 Å². The van der Waals surface area contributed by atoms with Gasteiger partial charge in [-0.3, -0.25) is 9.59 Å². The van der Waals surface area contributed by atoms with E-state index in [4.69, 9.17) is 0 Å². The molecular formula is C16H27N3O3. The van der Waals surface area contributed by atoms with Crippen molar-refractivity contribution >= 4 is 18.1 Å². The van der Waals surface area contributed by atoms with Gasteiger partial charge in [-0.2, -0.15) is 0 Å². The van der Waals surface area contributed by atoms with Crippen LogP contribution in [0.15, 0.2) is 0 Å². The fraction of sp³-hybridized carbons (Fsp3) is 0.812. The molecule has 4 atom stereocenters. The first-order valence-corrected chi connectivity index (χ1v) is 8.38. The Kier molecular flexibility index (Phi) is 5.94. The third-order valence-corrected chi connectivity index (χ3v) is 4.89. The predicted octanol–water partition coefficient (Wildman–Crippen LogP) is 0.459. The second-order valence-electron chi connectivity index (χ2n) is 6.40. The van der Waals surface area contributed by atoms with E-state index in [1.807, 2.05) is 13.8 Å². The first kappa shape index (κ1) is 16.9. The summed E-state index contributed by atoms with van der Waals surface area (Å²) >= 11 is 0. The first-order chi connectivity index (χ1) is 10.6. The van der Waals surface area contributed by atoms with Gasteiger partial charge in [0.2, 0.25) is 11.8 Å². The molecule has 0 spiro atoms. The number of aldehydes is 1. The zero-order valence-corrected chi connectivity index (χ0v) is 13.5. The van der Waals surface area contributed by atoms with Crippen molar-refractivity contribution in [2.24, 2.45) is 5.92 Å². The smallest absolute Gasteiger partial charge is 0.246 e. The molecule has 22 heavy (non-hydrogen) atoms. The maximum Gasteiger partial charge on any atom is 0.246 e. The lowest BCUT2D eigenvalue weighted by molar-refractivity contribution is -0.140. The van der Waals surface area contributed by atoms with E-state index >= 15 is 0 Å². The van der Waals surface area contributed by atoms with E-state index in [-0.39, 0.29) is 29.8 Å². The molecule has 0 aromatic carbocycles. The van der Waals surface area contributed by atoms with E-state index < -0.39 is 6.04 Å². The molecule has 0 bridgehead atoms. The van der Waals surface area contributed by atoms with E-state index in [0.29, 0.717) is 6.54 Å². The summed E-state index contributed by atoms with van der Waals surface area (Å²) in [6, 6.07) is -1.07. The van der Waals surface area contributed by atoms with Crippen molar-refractivity contribution in [2.45, 2.75) is 64.1 Å². The van der Waals surface area contributed by atoms with Gasteiger partial charge in [0.1, 0.15) is 12.3 Å². The fourth-order valence-electron chi connectivity index (χ4n) is 3.23. The fourth-order valence-corrected chi connectivity index (χ4v) is 3.23. The molecule has 2 rings (SSSR count). The molecule has 2 aliphatic rings. The highest BCUT2D eigenvalue weighted by atomic mass is 16.2. The second kappa shape index (κ2) is 7.72. The Labute approximate surface area is 132 Å². The minimum Gasteiger partial charge on any atom is -0.343 e.